The van der Waals surface area contributed by atoms with E-state index in [0.717, 1.165) is 11.1 Å². The molecule has 6 rings (SSSR count). The van der Waals surface area contributed by atoms with Gasteiger partial charge >= 0.3 is 11.9 Å². The standard InChI is InChI=1S/C31H26N2O6/c1-18-10-13-20(14-11-18)26-25(23-17-37-24-15-12-19(2)16-22(24)27(23)34)31(28(35)38-30(3,4)39-29(31)36)33(32-26)21-8-6-5-7-9-21/h5-17,25H,1-4H3. The smallest absolute Gasteiger partial charge is 0.350 e. The summed E-state index contributed by atoms with van der Waals surface area (Å²) in [4.78, 5) is 42.3. The molecule has 1 aromatic heterocycles. The Balaban J connectivity index is 1.69. The molecule has 1 saturated heterocycles. The lowest BCUT2D eigenvalue weighted by Crippen LogP contribution is -2.67. The predicted octanol–water partition coefficient (Wildman–Crippen LogP) is 4.99. The molecular formula is C31H26N2O6. The number of rotatable bonds is 3. The number of esters is 2. The van der Waals surface area contributed by atoms with Gasteiger partial charge in [-0.3, -0.25) is 4.79 Å². The number of hydrogen-bond donors (Lipinski definition) is 0. The van der Waals surface area contributed by atoms with Crippen LogP contribution in [0.1, 0.15) is 42.0 Å². The molecule has 2 aliphatic rings. The second-order valence-electron chi connectivity index (χ2n) is 10.4. The van der Waals surface area contributed by atoms with Gasteiger partial charge in [-0.15, -0.1) is 0 Å². The number of cyclic esters (lactones) is 2. The van der Waals surface area contributed by atoms with Gasteiger partial charge in [0.25, 0.3) is 11.3 Å². The van der Waals surface area contributed by atoms with Crippen molar-refractivity contribution < 1.29 is 23.5 Å². The maximum absolute atomic E-state index is 14.1. The molecule has 0 N–H and O–H groups in total. The van der Waals surface area contributed by atoms with Crippen LogP contribution in [0.3, 0.4) is 0 Å². The van der Waals surface area contributed by atoms with Gasteiger partial charge < -0.3 is 13.9 Å². The maximum atomic E-state index is 14.1. The minimum absolute atomic E-state index is 0.0967. The third-order valence-corrected chi connectivity index (χ3v) is 7.15. The normalized spacial score (nSPS) is 19.6. The van der Waals surface area contributed by atoms with E-state index in [-0.39, 0.29) is 11.0 Å². The molecule has 8 heteroatoms. The van der Waals surface area contributed by atoms with Crippen LogP contribution in [-0.2, 0) is 19.1 Å². The Morgan fingerprint density at radius 2 is 1.46 bits per heavy atom. The van der Waals surface area contributed by atoms with Gasteiger partial charge in [-0.1, -0.05) is 59.7 Å². The molecule has 4 aromatic rings. The summed E-state index contributed by atoms with van der Waals surface area (Å²) in [6.07, 6.45) is 1.31. The first kappa shape index (κ1) is 24.6. The maximum Gasteiger partial charge on any atom is 0.350 e. The molecule has 1 atom stereocenters. The van der Waals surface area contributed by atoms with Crippen LogP contribution in [0.15, 0.2) is 93.4 Å². The number of benzene rings is 3. The first-order chi connectivity index (χ1) is 18.6. The van der Waals surface area contributed by atoms with Crippen molar-refractivity contribution in [3.05, 3.63) is 112 Å². The first-order valence-corrected chi connectivity index (χ1v) is 12.6. The number of ether oxygens (including phenoxy) is 2. The van der Waals surface area contributed by atoms with E-state index in [1.807, 2.05) is 50.2 Å². The van der Waals surface area contributed by atoms with E-state index in [0.29, 0.717) is 27.9 Å². The Morgan fingerprint density at radius 1 is 0.821 bits per heavy atom. The van der Waals surface area contributed by atoms with Crippen LogP contribution in [0.5, 0.6) is 0 Å². The van der Waals surface area contributed by atoms with Gasteiger partial charge in [0, 0.05) is 19.4 Å². The minimum Gasteiger partial charge on any atom is -0.464 e. The number of hydrazone groups is 1. The van der Waals surface area contributed by atoms with Crippen LogP contribution in [0.2, 0.25) is 0 Å². The van der Waals surface area contributed by atoms with Crippen molar-refractivity contribution in [1.29, 1.82) is 0 Å². The van der Waals surface area contributed by atoms with E-state index in [1.54, 1.807) is 36.4 Å². The molecule has 0 radical (unpaired) electrons. The van der Waals surface area contributed by atoms with Gasteiger partial charge in [-0.2, -0.15) is 5.10 Å². The highest BCUT2D eigenvalue weighted by molar-refractivity contribution is 6.22. The molecule has 1 unspecified atom stereocenters. The quantitative estimate of drug-likeness (QED) is 0.276. The third kappa shape index (κ3) is 3.74. The second kappa shape index (κ2) is 8.66. The van der Waals surface area contributed by atoms with Crippen LogP contribution in [0.25, 0.3) is 11.0 Å². The van der Waals surface area contributed by atoms with E-state index in [4.69, 9.17) is 19.0 Å². The summed E-state index contributed by atoms with van der Waals surface area (Å²) in [5.74, 6) is -4.43. The van der Waals surface area contributed by atoms with E-state index in [9.17, 15) is 14.4 Å². The van der Waals surface area contributed by atoms with Gasteiger partial charge in [-0.05, 0) is 43.7 Å². The Hall–Kier alpha value is -4.72. The summed E-state index contributed by atoms with van der Waals surface area (Å²) in [7, 11) is 0. The fraction of sp³-hybridized carbons (Fsp3) is 0.226. The number of hydrogen-bond acceptors (Lipinski definition) is 8. The zero-order valence-corrected chi connectivity index (χ0v) is 21.9. The summed E-state index contributed by atoms with van der Waals surface area (Å²) in [5, 5.41) is 6.51. The largest absolute Gasteiger partial charge is 0.464 e. The van der Waals surface area contributed by atoms with Gasteiger partial charge in [0.05, 0.1) is 29.0 Å². The van der Waals surface area contributed by atoms with Gasteiger partial charge in [0.15, 0.2) is 5.43 Å². The van der Waals surface area contributed by atoms with Crippen LogP contribution in [0.4, 0.5) is 5.69 Å². The molecule has 0 saturated carbocycles. The molecule has 8 nitrogen and oxygen atoms in total. The molecule has 196 valence electrons. The molecule has 2 aliphatic heterocycles. The number of nitrogens with zero attached hydrogens (tertiary/aromatic N) is 2. The summed E-state index contributed by atoms with van der Waals surface area (Å²) < 4.78 is 17.3. The zero-order chi connectivity index (χ0) is 27.5. The van der Waals surface area contributed by atoms with Gasteiger partial charge in [0.2, 0.25) is 0 Å². The molecule has 3 aromatic carbocycles. The second-order valence-corrected chi connectivity index (χ2v) is 10.4. The highest BCUT2D eigenvalue weighted by Gasteiger charge is 2.70. The topological polar surface area (TPSA) is 98.4 Å². The Kier molecular flexibility index (Phi) is 5.46. The molecule has 1 spiro atoms. The van der Waals surface area contributed by atoms with E-state index in [1.165, 1.54) is 25.1 Å². The van der Waals surface area contributed by atoms with Crippen molar-refractivity contribution in [3.63, 3.8) is 0 Å². The van der Waals surface area contributed by atoms with E-state index in [2.05, 4.69) is 0 Å². The number of para-hydroxylation sites is 1. The van der Waals surface area contributed by atoms with Crippen molar-refractivity contribution >= 4 is 34.3 Å². The van der Waals surface area contributed by atoms with Gasteiger partial charge in [0.1, 0.15) is 5.58 Å². The number of anilines is 1. The van der Waals surface area contributed by atoms with Crippen LogP contribution < -0.4 is 10.4 Å². The summed E-state index contributed by atoms with van der Waals surface area (Å²) in [6.45, 7) is 6.80. The lowest BCUT2D eigenvalue weighted by atomic mass is 9.74. The molecule has 0 aliphatic carbocycles. The fourth-order valence-electron chi connectivity index (χ4n) is 5.29. The number of carbonyl (C=O) groups is 2. The fourth-order valence-corrected chi connectivity index (χ4v) is 5.29. The Morgan fingerprint density at radius 3 is 2.13 bits per heavy atom. The van der Waals surface area contributed by atoms with Crippen LogP contribution in [0, 0.1) is 13.8 Å². The van der Waals surface area contributed by atoms with E-state index >= 15 is 0 Å². The molecule has 1 fully saturated rings. The highest BCUT2D eigenvalue weighted by Crippen LogP contribution is 2.48. The van der Waals surface area contributed by atoms with Crippen LogP contribution in [-0.4, -0.2) is 29.0 Å². The Labute approximate surface area is 224 Å². The van der Waals surface area contributed by atoms with Crippen molar-refractivity contribution in [2.24, 2.45) is 5.10 Å². The van der Waals surface area contributed by atoms with E-state index < -0.39 is 29.2 Å². The van der Waals surface area contributed by atoms with Crippen molar-refractivity contribution in [2.45, 2.75) is 44.9 Å². The monoisotopic (exact) mass is 522 g/mol. The number of carbonyl (C=O) groups excluding carboxylic acids is 2. The molecule has 0 bridgehead atoms. The summed E-state index contributed by atoms with van der Waals surface area (Å²) in [6, 6.07) is 21.6. The first-order valence-electron chi connectivity index (χ1n) is 12.6. The zero-order valence-electron chi connectivity index (χ0n) is 21.9. The van der Waals surface area contributed by atoms with Crippen LogP contribution >= 0.6 is 0 Å². The predicted molar refractivity (Wildman–Crippen MR) is 146 cm³/mol. The third-order valence-electron chi connectivity index (χ3n) is 7.15. The Bertz CT molecular complexity index is 1700. The number of aryl methyl sites for hydroxylation is 2. The van der Waals surface area contributed by atoms with Crippen molar-refractivity contribution in [2.75, 3.05) is 5.01 Å². The summed E-state index contributed by atoms with van der Waals surface area (Å²) in [5.41, 5.74) is 1.29. The highest BCUT2D eigenvalue weighted by atomic mass is 16.7. The molecule has 0 amide bonds. The lowest BCUT2D eigenvalue weighted by molar-refractivity contribution is -0.242. The summed E-state index contributed by atoms with van der Waals surface area (Å²) >= 11 is 0. The lowest BCUT2D eigenvalue weighted by Gasteiger charge is -2.44. The molecule has 3 heterocycles. The van der Waals surface area contributed by atoms with Crippen molar-refractivity contribution in [1.82, 2.24) is 0 Å². The minimum atomic E-state index is -2.15. The van der Waals surface area contributed by atoms with Crippen molar-refractivity contribution in [3.8, 4) is 0 Å². The molecular weight excluding hydrogens is 496 g/mol. The molecule has 39 heavy (non-hydrogen) atoms. The average Bonchev–Trinajstić information content (AvgIpc) is 3.26. The van der Waals surface area contributed by atoms with Gasteiger partial charge in [-0.25, -0.2) is 14.6 Å². The SMILES string of the molecule is Cc1ccc(C2=NN(c3ccccc3)C3(C(=O)OC(C)(C)OC3=O)C2c2coc3ccc(C)cc3c2=O)cc1. The average molecular weight is 523 g/mol. The number of fused-ring (bicyclic) bond motifs is 1.